The van der Waals surface area contributed by atoms with Gasteiger partial charge in [0.1, 0.15) is 11.6 Å². The fourth-order valence-electron chi connectivity index (χ4n) is 2.51. The normalized spacial score (nSPS) is 17.3. The Morgan fingerprint density at radius 1 is 1.35 bits per heavy atom. The molecule has 1 saturated carbocycles. The molecule has 1 N–H and O–H groups in total. The third-order valence-electron chi connectivity index (χ3n) is 3.60. The first-order chi connectivity index (χ1) is 9.69. The van der Waals surface area contributed by atoms with Crippen LogP contribution in [0.15, 0.2) is 17.7 Å². The second-order valence-electron chi connectivity index (χ2n) is 5.28. The van der Waals surface area contributed by atoms with Gasteiger partial charge in [0.05, 0.1) is 0 Å². The van der Waals surface area contributed by atoms with E-state index in [9.17, 15) is 10.1 Å². The molecule has 0 spiro atoms. The highest BCUT2D eigenvalue weighted by atomic mass is 32.1. The zero-order chi connectivity index (χ0) is 14.4. The van der Waals surface area contributed by atoms with E-state index in [0.29, 0.717) is 0 Å². The van der Waals surface area contributed by atoms with Crippen LogP contribution in [0.1, 0.15) is 48.3 Å². The van der Waals surface area contributed by atoms with Crippen molar-refractivity contribution in [3.63, 3.8) is 0 Å². The fourth-order valence-corrected chi connectivity index (χ4v) is 3.33. The van der Waals surface area contributed by atoms with Gasteiger partial charge in [-0.25, -0.2) is 0 Å². The van der Waals surface area contributed by atoms with Crippen molar-refractivity contribution in [2.75, 3.05) is 0 Å². The fraction of sp³-hybridized carbons (Fsp3) is 0.500. The van der Waals surface area contributed by atoms with E-state index >= 15 is 0 Å². The standard InChI is InChI=1S/C16H20N2OS/c1-12-8-9-15(20-12)10-13(11-17)16(19)18-14-6-4-2-3-5-7-14/h8-10,14H,2-7H2,1H3,(H,18,19)/b13-10+. The summed E-state index contributed by atoms with van der Waals surface area (Å²) in [6.07, 6.45) is 8.58. The van der Waals surface area contributed by atoms with Gasteiger partial charge in [-0.1, -0.05) is 25.7 Å². The van der Waals surface area contributed by atoms with Crippen molar-refractivity contribution in [3.8, 4) is 6.07 Å². The number of nitrogens with zero attached hydrogens (tertiary/aromatic N) is 1. The van der Waals surface area contributed by atoms with Crippen molar-refractivity contribution in [2.45, 2.75) is 51.5 Å². The van der Waals surface area contributed by atoms with Gasteiger partial charge < -0.3 is 5.32 Å². The van der Waals surface area contributed by atoms with E-state index in [1.165, 1.54) is 30.6 Å². The predicted molar refractivity (Wildman–Crippen MR) is 82.3 cm³/mol. The van der Waals surface area contributed by atoms with Crippen molar-refractivity contribution >= 4 is 23.3 Å². The van der Waals surface area contributed by atoms with Crippen LogP contribution in [-0.4, -0.2) is 11.9 Å². The highest BCUT2D eigenvalue weighted by Gasteiger charge is 2.17. The predicted octanol–water partition coefficient (Wildman–Crippen LogP) is 3.80. The minimum absolute atomic E-state index is 0.205. The molecule has 0 saturated heterocycles. The molecule has 1 aromatic heterocycles. The molecule has 106 valence electrons. The molecule has 0 bridgehead atoms. The molecule has 2 rings (SSSR count). The van der Waals surface area contributed by atoms with Crippen LogP contribution in [0.4, 0.5) is 0 Å². The summed E-state index contributed by atoms with van der Waals surface area (Å²) in [5.74, 6) is -0.231. The van der Waals surface area contributed by atoms with Gasteiger partial charge in [0.25, 0.3) is 5.91 Å². The van der Waals surface area contributed by atoms with Gasteiger partial charge in [0.15, 0.2) is 0 Å². The summed E-state index contributed by atoms with van der Waals surface area (Å²) in [6, 6.07) is 6.18. The number of nitrogens with one attached hydrogen (secondary N) is 1. The smallest absolute Gasteiger partial charge is 0.262 e. The highest BCUT2D eigenvalue weighted by molar-refractivity contribution is 7.12. The Labute approximate surface area is 124 Å². The van der Waals surface area contributed by atoms with Gasteiger partial charge in [-0.05, 0) is 38.0 Å². The molecule has 0 aromatic carbocycles. The van der Waals surface area contributed by atoms with Crippen LogP contribution in [0, 0.1) is 18.3 Å². The molecule has 1 aromatic rings. The monoisotopic (exact) mass is 288 g/mol. The molecule has 1 amide bonds. The molecular formula is C16H20N2OS. The summed E-state index contributed by atoms with van der Waals surface area (Å²) < 4.78 is 0. The second-order valence-corrected chi connectivity index (χ2v) is 6.60. The SMILES string of the molecule is Cc1ccc(/C=C(\C#N)C(=O)NC2CCCCCC2)s1. The Morgan fingerprint density at radius 2 is 2.05 bits per heavy atom. The third kappa shape index (κ3) is 4.21. The number of hydrogen-bond donors (Lipinski definition) is 1. The van der Waals surface area contributed by atoms with Crippen molar-refractivity contribution < 1.29 is 4.79 Å². The van der Waals surface area contributed by atoms with E-state index in [4.69, 9.17) is 0 Å². The lowest BCUT2D eigenvalue weighted by Gasteiger charge is -2.15. The maximum absolute atomic E-state index is 12.2. The van der Waals surface area contributed by atoms with E-state index in [-0.39, 0.29) is 17.5 Å². The van der Waals surface area contributed by atoms with Gasteiger partial charge in [-0.3, -0.25) is 4.79 Å². The summed E-state index contributed by atoms with van der Waals surface area (Å²) in [4.78, 5) is 14.3. The van der Waals surface area contributed by atoms with E-state index in [1.54, 1.807) is 17.4 Å². The number of hydrogen-bond acceptors (Lipinski definition) is 3. The zero-order valence-electron chi connectivity index (χ0n) is 11.8. The number of aryl methyl sites for hydroxylation is 1. The maximum atomic E-state index is 12.2. The molecule has 1 aliphatic rings. The lowest BCUT2D eigenvalue weighted by molar-refractivity contribution is -0.117. The van der Waals surface area contributed by atoms with E-state index < -0.39 is 0 Å². The van der Waals surface area contributed by atoms with Gasteiger partial charge in [0, 0.05) is 15.8 Å². The summed E-state index contributed by atoms with van der Waals surface area (Å²) in [6.45, 7) is 2.01. The molecule has 0 atom stereocenters. The number of carbonyl (C=O) groups is 1. The topological polar surface area (TPSA) is 52.9 Å². The molecule has 4 heteroatoms. The summed E-state index contributed by atoms with van der Waals surface area (Å²) >= 11 is 1.59. The number of carbonyl (C=O) groups excluding carboxylic acids is 1. The Bertz CT molecular complexity index is 531. The molecular weight excluding hydrogens is 268 g/mol. The molecule has 0 radical (unpaired) electrons. The van der Waals surface area contributed by atoms with Crippen LogP contribution in [0.3, 0.4) is 0 Å². The molecule has 1 heterocycles. The first kappa shape index (κ1) is 14.8. The summed E-state index contributed by atoms with van der Waals surface area (Å²) in [5, 5.41) is 12.2. The largest absolute Gasteiger partial charge is 0.349 e. The van der Waals surface area contributed by atoms with Gasteiger partial charge in [-0.15, -0.1) is 11.3 Å². The quantitative estimate of drug-likeness (QED) is 0.522. The van der Waals surface area contributed by atoms with Crippen molar-refractivity contribution in [1.82, 2.24) is 5.32 Å². The Balaban J connectivity index is 2.02. The van der Waals surface area contributed by atoms with Crippen molar-refractivity contribution in [2.24, 2.45) is 0 Å². The van der Waals surface area contributed by atoms with Gasteiger partial charge in [0.2, 0.25) is 0 Å². The lowest BCUT2D eigenvalue weighted by atomic mass is 10.1. The van der Waals surface area contributed by atoms with Gasteiger partial charge in [-0.2, -0.15) is 5.26 Å². The van der Waals surface area contributed by atoms with Crippen LogP contribution >= 0.6 is 11.3 Å². The highest BCUT2D eigenvalue weighted by Crippen LogP contribution is 2.20. The molecule has 0 aliphatic heterocycles. The van der Waals surface area contributed by atoms with Crippen LogP contribution in [0.2, 0.25) is 0 Å². The molecule has 1 aliphatic carbocycles. The van der Waals surface area contributed by atoms with Crippen LogP contribution < -0.4 is 5.32 Å². The average Bonchev–Trinajstić information content (AvgIpc) is 2.68. The van der Waals surface area contributed by atoms with Crippen molar-refractivity contribution in [1.29, 1.82) is 5.26 Å². The van der Waals surface area contributed by atoms with Crippen LogP contribution in [0.25, 0.3) is 6.08 Å². The lowest BCUT2D eigenvalue weighted by Crippen LogP contribution is -2.35. The van der Waals surface area contributed by atoms with Gasteiger partial charge >= 0.3 is 0 Å². The number of thiophene rings is 1. The minimum Gasteiger partial charge on any atom is -0.349 e. The zero-order valence-corrected chi connectivity index (χ0v) is 12.6. The molecule has 1 fully saturated rings. The van der Waals surface area contributed by atoms with E-state index in [2.05, 4.69) is 5.32 Å². The Morgan fingerprint density at radius 3 is 2.60 bits per heavy atom. The Kier molecular flexibility index (Phi) is 5.37. The molecule has 0 unspecified atom stereocenters. The number of amides is 1. The number of nitriles is 1. The molecule has 3 nitrogen and oxygen atoms in total. The maximum Gasteiger partial charge on any atom is 0.262 e. The second kappa shape index (κ2) is 7.25. The summed E-state index contributed by atoms with van der Waals surface area (Å²) in [5.41, 5.74) is 0.205. The third-order valence-corrected chi connectivity index (χ3v) is 4.55. The first-order valence-electron chi connectivity index (χ1n) is 7.18. The Hall–Kier alpha value is -1.60. The summed E-state index contributed by atoms with van der Waals surface area (Å²) in [7, 11) is 0. The van der Waals surface area contributed by atoms with E-state index in [1.807, 2.05) is 25.1 Å². The van der Waals surface area contributed by atoms with Crippen LogP contribution in [0.5, 0.6) is 0 Å². The molecule has 20 heavy (non-hydrogen) atoms. The first-order valence-corrected chi connectivity index (χ1v) is 8.00. The van der Waals surface area contributed by atoms with Crippen molar-refractivity contribution in [3.05, 3.63) is 27.5 Å². The van der Waals surface area contributed by atoms with Crippen LogP contribution in [-0.2, 0) is 4.79 Å². The minimum atomic E-state index is -0.231. The average molecular weight is 288 g/mol. The number of rotatable bonds is 3. The van der Waals surface area contributed by atoms with E-state index in [0.717, 1.165) is 17.7 Å².